The van der Waals surface area contributed by atoms with Gasteiger partial charge in [0.2, 0.25) is 5.13 Å². The fourth-order valence-corrected chi connectivity index (χ4v) is 3.60. The Morgan fingerprint density at radius 3 is 2.14 bits per heavy atom. The van der Waals surface area contributed by atoms with Gasteiger partial charge in [0.25, 0.3) is 0 Å². The van der Waals surface area contributed by atoms with Crippen molar-refractivity contribution in [2.45, 2.75) is 19.4 Å². The van der Waals surface area contributed by atoms with Gasteiger partial charge in [-0.2, -0.15) is 0 Å². The van der Waals surface area contributed by atoms with Crippen LogP contribution in [0.15, 0.2) is 48.5 Å². The summed E-state index contributed by atoms with van der Waals surface area (Å²) in [5.41, 5.74) is 5.25. The van der Waals surface area contributed by atoms with E-state index in [1.54, 1.807) is 11.3 Å². The first kappa shape index (κ1) is 12.5. The summed E-state index contributed by atoms with van der Waals surface area (Å²) in [5, 5.41) is 14.0. The predicted molar refractivity (Wildman–Crippen MR) is 86.6 cm³/mol. The first-order chi connectivity index (χ1) is 10.4. The molecular formula is C17H15N3S. The zero-order valence-electron chi connectivity index (χ0n) is 11.7. The number of anilines is 1. The van der Waals surface area contributed by atoms with Crippen molar-refractivity contribution in [2.75, 3.05) is 5.32 Å². The van der Waals surface area contributed by atoms with Gasteiger partial charge < -0.3 is 5.32 Å². The number of nitrogens with zero attached hydrogens (tertiary/aromatic N) is 2. The summed E-state index contributed by atoms with van der Waals surface area (Å²) in [4.78, 5) is 0. The lowest BCUT2D eigenvalue weighted by Gasteiger charge is -2.14. The molecular weight excluding hydrogens is 278 g/mol. The number of fused-ring (bicyclic) bond motifs is 3. The van der Waals surface area contributed by atoms with Crippen molar-refractivity contribution >= 4 is 16.5 Å². The molecule has 21 heavy (non-hydrogen) atoms. The van der Waals surface area contributed by atoms with Crippen molar-refractivity contribution in [2.24, 2.45) is 0 Å². The van der Waals surface area contributed by atoms with Crippen molar-refractivity contribution < 1.29 is 0 Å². The molecule has 1 aliphatic rings. The van der Waals surface area contributed by atoms with E-state index >= 15 is 0 Å². The summed E-state index contributed by atoms with van der Waals surface area (Å²) in [5.74, 6) is 0. The monoisotopic (exact) mass is 293 g/mol. The highest BCUT2D eigenvalue weighted by molar-refractivity contribution is 7.15. The van der Waals surface area contributed by atoms with Gasteiger partial charge in [-0.05, 0) is 28.7 Å². The van der Waals surface area contributed by atoms with Gasteiger partial charge in [-0.3, -0.25) is 0 Å². The van der Waals surface area contributed by atoms with Crippen molar-refractivity contribution in [3.8, 4) is 11.1 Å². The molecule has 0 spiro atoms. The molecule has 3 nitrogen and oxygen atoms in total. The molecule has 1 heterocycles. The maximum atomic E-state index is 4.25. The highest BCUT2D eigenvalue weighted by atomic mass is 32.1. The Morgan fingerprint density at radius 2 is 1.57 bits per heavy atom. The molecule has 4 heteroatoms. The van der Waals surface area contributed by atoms with Crippen molar-refractivity contribution in [3.05, 3.63) is 64.7 Å². The van der Waals surface area contributed by atoms with Gasteiger partial charge in [-0.15, -0.1) is 10.2 Å². The first-order valence-electron chi connectivity index (χ1n) is 7.14. The molecule has 0 radical (unpaired) electrons. The Balaban J connectivity index is 1.77. The molecule has 2 aromatic carbocycles. The van der Waals surface area contributed by atoms with Crippen LogP contribution in [-0.2, 0) is 6.42 Å². The average Bonchev–Trinajstić information content (AvgIpc) is 3.12. The summed E-state index contributed by atoms with van der Waals surface area (Å²) in [6, 6.07) is 17.3. The Labute approximate surface area is 127 Å². The lowest BCUT2D eigenvalue weighted by molar-refractivity contribution is 0.934. The molecule has 4 rings (SSSR count). The van der Waals surface area contributed by atoms with Crippen LogP contribution < -0.4 is 5.32 Å². The van der Waals surface area contributed by atoms with E-state index in [2.05, 4.69) is 71.0 Å². The van der Waals surface area contributed by atoms with Gasteiger partial charge in [0.1, 0.15) is 5.01 Å². The summed E-state index contributed by atoms with van der Waals surface area (Å²) in [7, 11) is 0. The number of aryl methyl sites for hydroxylation is 1. The lowest BCUT2D eigenvalue weighted by atomic mass is 10.1. The molecule has 1 N–H and O–H groups in total. The van der Waals surface area contributed by atoms with Gasteiger partial charge >= 0.3 is 0 Å². The zero-order chi connectivity index (χ0) is 14.2. The smallest absolute Gasteiger partial charge is 0.206 e. The van der Waals surface area contributed by atoms with Crippen LogP contribution in [0.2, 0.25) is 0 Å². The highest BCUT2D eigenvalue weighted by Gasteiger charge is 2.28. The van der Waals surface area contributed by atoms with Crippen molar-refractivity contribution in [3.63, 3.8) is 0 Å². The quantitative estimate of drug-likeness (QED) is 0.783. The highest BCUT2D eigenvalue weighted by Crippen LogP contribution is 2.44. The van der Waals surface area contributed by atoms with Crippen LogP contribution in [0.5, 0.6) is 0 Å². The van der Waals surface area contributed by atoms with E-state index < -0.39 is 0 Å². The minimum absolute atomic E-state index is 0.162. The van der Waals surface area contributed by atoms with Crippen LogP contribution in [0, 0.1) is 0 Å². The van der Waals surface area contributed by atoms with Crippen molar-refractivity contribution in [1.29, 1.82) is 0 Å². The van der Waals surface area contributed by atoms with Gasteiger partial charge in [-0.25, -0.2) is 0 Å². The van der Waals surface area contributed by atoms with Gasteiger partial charge in [0.15, 0.2) is 0 Å². The maximum Gasteiger partial charge on any atom is 0.206 e. The first-order valence-corrected chi connectivity index (χ1v) is 7.95. The van der Waals surface area contributed by atoms with E-state index in [0.717, 1.165) is 16.6 Å². The molecule has 0 saturated heterocycles. The molecule has 0 fully saturated rings. The van der Waals surface area contributed by atoms with E-state index in [9.17, 15) is 0 Å². The summed E-state index contributed by atoms with van der Waals surface area (Å²) in [6.07, 6.45) is 0.928. The second kappa shape index (κ2) is 4.97. The van der Waals surface area contributed by atoms with Crippen LogP contribution in [0.3, 0.4) is 0 Å². The van der Waals surface area contributed by atoms with Gasteiger partial charge in [0.05, 0.1) is 6.04 Å². The normalized spacial score (nSPS) is 13.0. The Bertz CT molecular complexity index is 748. The van der Waals surface area contributed by atoms with E-state index in [4.69, 9.17) is 0 Å². The van der Waals surface area contributed by atoms with Gasteiger partial charge in [-0.1, -0.05) is 66.8 Å². The van der Waals surface area contributed by atoms with Crippen LogP contribution in [0.25, 0.3) is 11.1 Å². The number of hydrogen-bond donors (Lipinski definition) is 1. The second-order valence-electron chi connectivity index (χ2n) is 5.11. The molecule has 0 bridgehead atoms. The third-order valence-electron chi connectivity index (χ3n) is 3.87. The summed E-state index contributed by atoms with van der Waals surface area (Å²) < 4.78 is 0. The SMILES string of the molecule is CCc1nnc(NC2c3ccccc3-c3ccccc32)s1. The number of nitrogens with one attached hydrogen (secondary N) is 1. The molecule has 1 aromatic heterocycles. The van der Waals surface area contributed by atoms with Crippen molar-refractivity contribution in [1.82, 2.24) is 10.2 Å². The molecule has 104 valence electrons. The fourth-order valence-electron chi connectivity index (χ4n) is 2.89. The standard InChI is InChI=1S/C17H15N3S/c1-2-15-19-20-17(21-15)18-16-13-9-5-3-7-11(13)12-8-4-6-10-14(12)16/h3-10,16H,2H2,1H3,(H,18,20). The summed E-state index contributed by atoms with van der Waals surface area (Å²) in [6.45, 7) is 2.10. The minimum atomic E-state index is 0.162. The Kier molecular flexibility index (Phi) is 2.97. The number of aromatic nitrogens is 2. The van der Waals surface area contributed by atoms with Crippen LogP contribution in [-0.4, -0.2) is 10.2 Å². The maximum absolute atomic E-state index is 4.25. The van der Waals surface area contributed by atoms with E-state index in [0.29, 0.717) is 0 Å². The molecule has 0 saturated carbocycles. The van der Waals surface area contributed by atoms with Gasteiger partial charge in [0, 0.05) is 0 Å². The number of benzene rings is 2. The minimum Gasteiger partial charge on any atom is -0.349 e. The topological polar surface area (TPSA) is 37.8 Å². The second-order valence-corrected chi connectivity index (χ2v) is 6.17. The molecule has 3 aromatic rings. The van der Waals surface area contributed by atoms with E-state index in [-0.39, 0.29) is 6.04 Å². The molecule has 0 aliphatic heterocycles. The average molecular weight is 293 g/mol. The molecule has 1 aliphatic carbocycles. The van der Waals surface area contributed by atoms with E-state index in [1.165, 1.54) is 22.3 Å². The Hall–Kier alpha value is -2.20. The van der Waals surface area contributed by atoms with Crippen LogP contribution in [0.4, 0.5) is 5.13 Å². The largest absolute Gasteiger partial charge is 0.349 e. The summed E-state index contributed by atoms with van der Waals surface area (Å²) >= 11 is 1.64. The third kappa shape index (κ3) is 2.03. The molecule has 0 unspecified atom stereocenters. The molecule has 0 atom stereocenters. The van der Waals surface area contributed by atoms with Crippen LogP contribution >= 0.6 is 11.3 Å². The van der Waals surface area contributed by atoms with Crippen LogP contribution in [0.1, 0.15) is 29.1 Å². The lowest BCUT2D eigenvalue weighted by Crippen LogP contribution is -2.08. The zero-order valence-corrected chi connectivity index (χ0v) is 12.5. The third-order valence-corrected chi connectivity index (χ3v) is 4.87. The predicted octanol–water partition coefficient (Wildman–Crippen LogP) is 4.28. The van der Waals surface area contributed by atoms with E-state index in [1.807, 2.05) is 0 Å². The number of rotatable bonds is 3. The fraction of sp³-hybridized carbons (Fsp3) is 0.176. The molecule has 0 amide bonds. The number of hydrogen-bond acceptors (Lipinski definition) is 4. The Morgan fingerprint density at radius 1 is 0.952 bits per heavy atom.